The summed E-state index contributed by atoms with van der Waals surface area (Å²) in [4.78, 5) is 24.9. The largest absolute Gasteiger partial charge is 0.379 e. The molecule has 2 atom stereocenters. The Morgan fingerprint density at radius 2 is 2.08 bits per heavy atom. The van der Waals surface area contributed by atoms with Crippen molar-refractivity contribution < 1.29 is 9.53 Å². The molecule has 1 amide bonds. The number of nitrogen functional groups attached to an aromatic ring is 1. The molecule has 132 valence electrons. The van der Waals surface area contributed by atoms with Crippen molar-refractivity contribution in [2.24, 2.45) is 5.92 Å². The molecule has 2 aromatic heterocycles. The van der Waals surface area contributed by atoms with Gasteiger partial charge in [-0.05, 0) is 36.1 Å². The van der Waals surface area contributed by atoms with Crippen LogP contribution in [0.3, 0.4) is 0 Å². The Labute approximate surface area is 147 Å². The van der Waals surface area contributed by atoms with Gasteiger partial charge in [0.2, 0.25) is 5.95 Å². The lowest BCUT2D eigenvalue weighted by Crippen LogP contribution is -2.41. The zero-order chi connectivity index (χ0) is 17.8. The minimum atomic E-state index is -0.244. The summed E-state index contributed by atoms with van der Waals surface area (Å²) in [6.45, 7) is 5.12. The normalized spacial score (nSPS) is 20.0. The number of ether oxygens (including phenoxy) is 1. The summed E-state index contributed by atoms with van der Waals surface area (Å²) in [5.74, 6) is 0.264. The molecule has 7 nitrogen and oxygen atoms in total. The van der Waals surface area contributed by atoms with Crippen LogP contribution in [0.4, 0.5) is 5.95 Å². The maximum Gasteiger partial charge on any atom is 0.270 e. The molecule has 1 aliphatic heterocycles. The van der Waals surface area contributed by atoms with E-state index in [1.807, 2.05) is 26.0 Å². The van der Waals surface area contributed by atoms with Gasteiger partial charge in [-0.25, -0.2) is 9.97 Å². The smallest absolute Gasteiger partial charge is 0.270 e. The maximum absolute atomic E-state index is 12.6. The number of nitrogens with one attached hydrogen (secondary N) is 1. The number of pyridine rings is 1. The average molecular weight is 341 g/mol. The van der Waals surface area contributed by atoms with Crippen LogP contribution in [0.25, 0.3) is 0 Å². The maximum atomic E-state index is 12.6. The Balaban J connectivity index is 1.69. The molecule has 0 spiro atoms. The third-order valence-corrected chi connectivity index (χ3v) is 4.35. The van der Waals surface area contributed by atoms with E-state index in [0.29, 0.717) is 18.9 Å². The molecule has 3 heterocycles. The second-order valence-electron chi connectivity index (χ2n) is 6.63. The zero-order valence-electron chi connectivity index (χ0n) is 14.5. The number of hydrogen-bond donors (Lipinski definition) is 2. The molecule has 1 fully saturated rings. The minimum absolute atomic E-state index is 0.0562. The Hall–Kier alpha value is -2.54. The summed E-state index contributed by atoms with van der Waals surface area (Å²) in [5.41, 5.74) is 7.97. The van der Waals surface area contributed by atoms with Gasteiger partial charge < -0.3 is 15.8 Å². The van der Waals surface area contributed by atoms with E-state index in [1.165, 1.54) is 5.56 Å². The van der Waals surface area contributed by atoms with Crippen LogP contribution in [-0.2, 0) is 11.2 Å². The first kappa shape index (κ1) is 17.3. The molecule has 3 N–H and O–H groups in total. The number of anilines is 1. The predicted molar refractivity (Wildman–Crippen MR) is 94.0 cm³/mol. The van der Waals surface area contributed by atoms with E-state index in [4.69, 9.17) is 10.5 Å². The summed E-state index contributed by atoms with van der Waals surface area (Å²) in [6.07, 6.45) is 4.38. The third-order valence-electron chi connectivity index (χ3n) is 4.35. The number of carbonyl (C=O) groups excluding carboxylic acids is 1. The van der Waals surface area contributed by atoms with E-state index in [-0.39, 0.29) is 29.7 Å². The lowest BCUT2D eigenvalue weighted by molar-refractivity contribution is 0.0920. The molecule has 1 saturated heterocycles. The molecule has 0 aromatic carbocycles. The molecule has 3 rings (SSSR count). The Kier molecular flexibility index (Phi) is 5.23. The first-order valence-electron chi connectivity index (χ1n) is 8.45. The summed E-state index contributed by atoms with van der Waals surface area (Å²) < 4.78 is 5.58. The first-order valence-corrected chi connectivity index (χ1v) is 8.45. The molecular formula is C18H23N5O2. The highest BCUT2D eigenvalue weighted by Crippen LogP contribution is 2.20. The SMILES string of the molecule is CC(C)c1cc(C(=O)N[C@@H]2COC[C@H]2Cc2ccncc2)nc(N)n1. The number of rotatable bonds is 5. The molecule has 1 aliphatic rings. The van der Waals surface area contributed by atoms with Gasteiger partial charge >= 0.3 is 0 Å². The van der Waals surface area contributed by atoms with Gasteiger partial charge in [0.15, 0.2) is 0 Å². The van der Waals surface area contributed by atoms with Gasteiger partial charge in [0, 0.05) is 24.0 Å². The van der Waals surface area contributed by atoms with Gasteiger partial charge in [0.05, 0.1) is 19.3 Å². The van der Waals surface area contributed by atoms with Crippen LogP contribution in [0, 0.1) is 5.92 Å². The Morgan fingerprint density at radius 1 is 1.32 bits per heavy atom. The number of hydrogen-bond acceptors (Lipinski definition) is 6. The highest BCUT2D eigenvalue weighted by molar-refractivity contribution is 5.92. The van der Waals surface area contributed by atoms with Crippen molar-refractivity contribution in [3.8, 4) is 0 Å². The quantitative estimate of drug-likeness (QED) is 0.855. The van der Waals surface area contributed by atoms with Gasteiger partial charge in [0.1, 0.15) is 5.69 Å². The number of amides is 1. The van der Waals surface area contributed by atoms with Crippen LogP contribution < -0.4 is 11.1 Å². The van der Waals surface area contributed by atoms with Crippen molar-refractivity contribution in [1.29, 1.82) is 0 Å². The number of aromatic nitrogens is 3. The van der Waals surface area contributed by atoms with Crippen molar-refractivity contribution in [3.05, 3.63) is 47.5 Å². The first-order chi connectivity index (χ1) is 12.0. The van der Waals surface area contributed by atoms with E-state index in [2.05, 4.69) is 20.3 Å². The second kappa shape index (κ2) is 7.57. The van der Waals surface area contributed by atoms with Crippen molar-refractivity contribution in [1.82, 2.24) is 20.3 Å². The predicted octanol–water partition coefficient (Wildman–Crippen LogP) is 1.56. The van der Waals surface area contributed by atoms with Crippen molar-refractivity contribution in [2.75, 3.05) is 18.9 Å². The second-order valence-corrected chi connectivity index (χ2v) is 6.63. The van der Waals surface area contributed by atoms with Crippen LogP contribution in [-0.4, -0.2) is 40.1 Å². The van der Waals surface area contributed by atoms with E-state index >= 15 is 0 Å². The molecule has 2 aromatic rings. The average Bonchev–Trinajstić information content (AvgIpc) is 3.02. The van der Waals surface area contributed by atoms with Crippen molar-refractivity contribution >= 4 is 11.9 Å². The van der Waals surface area contributed by atoms with Crippen LogP contribution >= 0.6 is 0 Å². The molecular weight excluding hydrogens is 318 g/mol. The van der Waals surface area contributed by atoms with Crippen molar-refractivity contribution in [2.45, 2.75) is 32.2 Å². The molecule has 0 radical (unpaired) electrons. The highest BCUT2D eigenvalue weighted by Gasteiger charge is 2.30. The summed E-state index contributed by atoms with van der Waals surface area (Å²) >= 11 is 0. The van der Waals surface area contributed by atoms with E-state index in [1.54, 1.807) is 18.5 Å². The van der Waals surface area contributed by atoms with E-state index in [0.717, 1.165) is 12.1 Å². The molecule has 7 heteroatoms. The number of nitrogens with zero attached hydrogens (tertiary/aromatic N) is 3. The van der Waals surface area contributed by atoms with E-state index < -0.39 is 0 Å². The molecule has 0 aliphatic carbocycles. The lowest BCUT2D eigenvalue weighted by atomic mass is 9.95. The fourth-order valence-electron chi connectivity index (χ4n) is 2.92. The molecule has 0 bridgehead atoms. The minimum Gasteiger partial charge on any atom is -0.379 e. The summed E-state index contributed by atoms with van der Waals surface area (Å²) in [6, 6.07) is 5.61. The fraction of sp³-hybridized carbons (Fsp3) is 0.444. The van der Waals surface area contributed by atoms with Gasteiger partial charge in [-0.15, -0.1) is 0 Å². The fourth-order valence-corrected chi connectivity index (χ4v) is 2.92. The van der Waals surface area contributed by atoms with Crippen LogP contribution in [0.15, 0.2) is 30.6 Å². The standard InChI is InChI=1S/C18H23N5O2/c1-11(2)14-8-15(23-18(19)22-14)17(24)21-16-10-25-9-13(16)7-12-3-5-20-6-4-12/h3-6,8,11,13,16H,7,9-10H2,1-2H3,(H,21,24)(H2,19,22,23)/t13-,16-/m1/s1. The van der Waals surface area contributed by atoms with Crippen LogP contribution in [0.1, 0.15) is 41.5 Å². The number of nitrogens with two attached hydrogens (primary N) is 1. The molecule has 25 heavy (non-hydrogen) atoms. The molecule has 0 unspecified atom stereocenters. The number of carbonyl (C=O) groups is 1. The Morgan fingerprint density at radius 3 is 2.80 bits per heavy atom. The third kappa shape index (κ3) is 4.30. The Bertz CT molecular complexity index is 736. The van der Waals surface area contributed by atoms with Gasteiger partial charge in [-0.3, -0.25) is 9.78 Å². The lowest BCUT2D eigenvalue weighted by Gasteiger charge is -2.19. The van der Waals surface area contributed by atoms with Crippen LogP contribution in [0.5, 0.6) is 0 Å². The topological polar surface area (TPSA) is 103 Å². The van der Waals surface area contributed by atoms with Crippen molar-refractivity contribution in [3.63, 3.8) is 0 Å². The van der Waals surface area contributed by atoms with Gasteiger partial charge in [-0.1, -0.05) is 13.8 Å². The monoisotopic (exact) mass is 341 g/mol. The summed E-state index contributed by atoms with van der Waals surface area (Å²) in [7, 11) is 0. The summed E-state index contributed by atoms with van der Waals surface area (Å²) in [5, 5.41) is 3.03. The van der Waals surface area contributed by atoms with Gasteiger partial charge in [0.25, 0.3) is 5.91 Å². The molecule has 0 saturated carbocycles. The van der Waals surface area contributed by atoms with Gasteiger partial charge in [-0.2, -0.15) is 0 Å². The van der Waals surface area contributed by atoms with E-state index in [9.17, 15) is 4.79 Å². The highest BCUT2D eigenvalue weighted by atomic mass is 16.5. The zero-order valence-corrected chi connectivity index (χ0v) is 14.5. The van der Waals surface area contributed by atoms with Crippen LogP contribution in [0.2, 0.25) is 0 Å².